The Morgan fingerprint density at radius 2 is 2.19 bits per heavy atom. The molecular weight excluding hydrogens is 284 g/mol. The van der Waals surface area contributed by atoms with Gasteiger partial charge in [-0.1, -0.05) is 24.1 Å². The summed E-state index contributed by atoms with van der Waals surface area (Å²) in [6.45, 7) is 1.76. The Bertz CT molecular complexity index is 631. The summed E-state index contributed by atoms with van der Waals surface area (Å²) in [6, 6.07) is 7.92. The Morgan fingerprint density at radius 3 is 2.95 bits per heavy atom. The second kappa shape index (κ2) is 6.30. The number of hydrogen-bond donors (Lipinski definition) is 1. The van der Waals surface area contributed by atoms with E-state index in [4.69, 9.17) is 11.6 Å². The minimum atomic E-state index is -0.132. The summed E-state index contributed by atoms with van der Waals surface area (Å²) in [5, 5.41) is 11.7. The first-order valence-electron chi connectivity index (χ1n) is 7.54. The smallest absolute Gasteiger partial charge is 0.0761 e. The first-order valence-corrected chi connectivity index (χ1v) is 7.91. The molecule has 21 heavy (non-hydrogen) atoms. The maximum Gasteiger partial charge on any atom is 0.0761 e. The van der Waals surface area contributed by atoms with E-state index in [-0.39, 0.29) is 6.10 Å². The zero-order valence-corrected chi connectivity index (χ0v) is 13.1. The van der Waals surface area contributed by atoms with Crippen molar-refractivity contribution >= 4 is 22.5 Å². The predicted molar refractivity (Wildman–Crippen MR) is 86.4 cm³/mol. The summed E-state index contributed by atoms with van der Waals surface area (Å²) in [6.07, 6.45) is 4.90. The predicted octanol–water partition coefficient (Wildman–Crippen LogP) is 3.48. The van der Waals surface area contributed by atoms with Crippen molar-refractivity contribution in [1.82, 2.24) is 9.88 Å². The largest absolute Gasteiger partial charge is 0.393 e. The monoisotopic (exact) mass is 304 g/mol. The topological polar surface area (TPSA) is 36.4 Å². The molecular formula is C17H21ClN2O. The lowest BCUT2D eigenvalue weighted by Crippen LogP contribution is -2.29. The van der Waals surface area contributed by atoms with E-state index in [9.17, 15) is 5.11 Å². The maximum atomic E-state index is 9.96. The van der Waals surface area contributed by atoms with Gasteiger partial charge in [-0.25, -0.2) is 0 Å². The van der Waals surface area contributed by atoms with Gasteiger partial charge in [0.15, 0.2) is 0 Å². The van der Waals surface area contributed by atoms with E-state index in [0.717, 1.165) is 48.3 Å². The van der Waals surface area contributed by atoms with Crippen LogP contribution in [0.3, 0.4) is 0 Å². The zero-order chi connectivity index (χ0) is 14.8. The van der Waals surface area contributed by atoms with Gasteiger partial charge in [0.1, 0.15) is 0 Å². The SMILES string of the molecule is CN(Cc1ccc(Cl)c2cccnc12)CC1CCCC1O. The molecule has 1 aromatic heterocycles. The maximum absolute atomic E-state index is 9.96. The van der Waals surface area contributed by atoms with Crippen molar-refractivity contribution < 1.29 is 5.11 Å². The van der Waals surface area contributed by atoms with Crippen LogP contribution in [0.4, 0.5) is 0 Å². The molecule has 2 unspecified atom stereocenters. The summed E-state index contributed by atoms with van der Waals surface area (Å²) >= 11 is 6.24. The van der Waals surface area contributed by atoms with E-state index >= 15 is 0 Å². The van der Waals surface area contributed by atoms with Crippen molar-refractivity contribution in [3.8, 4) is 0 Å². The van der Waals surface area contributed by atoms with Crippen LogP contribution < -0.4 is 0 Å². The molecule has 112 valence electrons. The van der Waals surface area contributed by atoms with Crippen molar-refractivity contribution in [3.63, 3.8) is 0 Å². The van der Waals surface area contributed by atoms with Crippen molar-refractivity contribution in [2.75, 3.05) is 13.6 Å². The summed E-state index contributed by atoms with van der Waals surface area (Å²) in [4.78, 5) is 6.76. The van der Waals surface area contributed by atoms with Crippen LogP contribution in [0.1, 0.15) is 24.8 Å². The van der Waals surface area contributed by atoms with Crippen molar-refractivity contribution in [3.05, 3.63) is 41.0 Å². The van der Waals surface area contributed by atoms with Gasteiger partial charge < -0.3 is 10.0 Å². The highest BCUT2D eigenvalue weighted by atomic mass is 35.5. The Balaban J connectivity index is 1.77. The lowest BCUT2D eigenvalue weighted by molar-refractivity contribution is 0.108. The fraction of sp³-hybridized carbons (Fsp3) is 0.471. The summed E-state index contributed by atoms with van der Waals surface area (Å²) < 4.78 is 0. The van der Waals surface area contributed by atoms with Crippen molar-refractivity contribution in [2.24, 2.45) is 5.92 Å². The average Bonchev–Trinajstić information content (AvgIpc) is 2.88. The molecule has 0 bridgehead atoms. The van der Waals surface area contributed by atoms with Crippen LogP contribution in [0.5, 0.6) is 0 Å². The summed E-state index contributed by atoms with van der Waals surface area (Å²) in [5.74, 6) is 0.404. The van der Waals surface area contributed by atoms with E-state index in [2.05, 4.69) is 23.0 Å². The number of pyridine rings is 1. The van der Waals surface area contributed by atoms with Gasteiger partial charge in [-0.3, -0.25) is 4.98 Å². The van der Waals surface area contributed by atoms with Gasteiger partial charge in [-0.15, -0.1) is 0 Å². The lowest BCUT2D eigenvalue weighted by Gasteiger charge is -2.23. The second-order valence-electron chi connectivity index (χ2n) is 6.06. The minimum absolute atomic E-state index is 0.132. The van der Waals surface area contributed by atoms with Gasteiger partial charge in [0.2, 0.25) is 0 Å². The zero-order valence-electron chi connectivity index (χ0n) is 12.3. The van der Waals surface area contributed by atoms with Gasteiger partial charge >= 0.3 is 0 Å². The minimum Gasteiger partial charge on any atom is -0.393 e. The standard InChI is InChI=1S/C17H21ClN2O/c1-20(10-12-4-2-6-16(12)21)11-13-7-8-15(18)14-5-3-9-19-17(13)14/h3,5,7-9,12,16,21H,2,4,6,10-11H2,1H3. The molecule has 0 radical (unpaired) electrons. The first-order chi connectivity index (χ1) is 10.1. The highest BCUT2D eigenvalue weighted by molar-refractivity contribution is 6.35. The number of rotatable bonds is 4. The van der Waals surface area contributed by atoms with E-state index in [1.165, 1.54) is 5.56 Å². The molecule has 1 aliphatic carbocycles. The molecule has 1 saturated carbocycles. The van der Waals surface area contributed by atoms with E-state index in [1.54, 1.807) is 0 Å². The van der Waals surface area contributed by atoms with Crippen LogP contribution in [0.15, 0.2) is 30.5 Å². The summed E-state index contributed by atoms with van der Waals surface area (Å²) in [5.41, 5.74) is 2.16. The normalized spacial score (nSPS) is 22.3. The molecule has 1 aromatic carbocycles. The number of nitrogens with zero attached hydrogens (tertiary/aromatic N) is 2. The van der Waals surface area contributed by atoms with Crippen LogP contribution >= 0.6 is 11.6 Å². The number of aliphatic hydroxyl groups excluding tert-OH is 1. The fourth-order valence-corrected chi connectivity index (χ4v) is 3.53. The molecule has 0 aliphatic heterocycles. The molecule has 0 saturated heterocycles. The molecule has 1 N–H and O–H groups in total. The van der Waals surface area contributed by atoms with Crippen LogP contribution in [-0.2, 0) is 6.54 Å². The van der Waals surface area contributed by atoms with E-state index in [1.807, 2.05) is 24.4 Å². The number of benzene rings is 1. The second-order valence-corrected chi connectivity index (χ2v) is 6.47. The van der Waals surface area contributed by atoms with E-state index in [0.29, 0.717) is 5.92 Å². The first kappa shape index (κ1) is 14.8. The van der Waals surface area contributed by atoms with Gasteiger partial charge in [0, 0.05) is 29.7 Å². The highest BCUT2D eigenvalue weighted by Gasteiger charge is 2.26. The Hall–Kier alpha value is -1.16. The molecule has 0 amide bonds. The number of hydrogen-bond acceptors (Lipinski definition) is 3. The quantitative estimate of drug-likeness (QED) is 0.939. The molecule has 1 fully saturated rings. The molecule has 1 aliphatic rings. The molecule has 3 rings (SSSR count). The molecule has 0 spiro atoms. The molecule has 4 heteroatoms. The third-order valence-corrected chi connectivity index (χ3v) is 4.74. The third-order valence-electron chi connectivity index (χ3n) is 4.41. The van der Waals surface area contributed by atoms with Crippen LogP contribution in [0, 0.1) is 5.92 Å². The Labute approximate surface area is 130 Å². The molecule has 2 aromatic rings. The highest BCUT2D eigenvalue weighted by Crippen LogP contribution is 2.28. The van der Waals surface area contributed by atoms with Crippen LogP contribution in [0.2, 0.25) is 5.02 Å². The van der Waals surface area contributed by atoms with Gasteiger partial charge in [-0.2, -0.15) is 0 Å². The number of fused-ring (bicyclic) bond motifs is 1. The lowest BCUT2D eigenvalue weighted by atomic mass is 10.0. The average molecular weight is 305 g/mol. The van der Waals surface area contributed by atoms with Gasteiger partial charge in [-0.05, 0) is 49.6 Å². The molecule has 3 nitrogen and oxygen atoms in total. The fourth-order valence-electron chi connectivity index (χ4n) is 3.31. The number of halogens is 1. The van der Waals surface area contributed by atoms with E-state index < -0.39 is 0 Å². The van der Waals surface area contributed by atoms with Crippen molar-refractivity contribution in [1.29, 1.82) is 0 Å². The molecule has 1 heterocycles. The van der Waals surface area contributed by atoms with Gasteiger partial charge in [0.25, 0.3) is 0 Å². The van der Waals surface area contributed by atoms with Crippen LogP contribution in [0.25, 0.3) is 10.9 Å². The number of aliphatic hydroxyl groups is 1. The third kappa shape index (κ3) is 3.20. The van der Waals surface area contributed by atoms with Gasteiger partial charge in [0.05, 0.1) is 11.6 Å². The number of aromatic nitrogens is 1. The van der Waals surface area contributed by atoms with Crippen molar-refractivity contribution in [2.45, 2.75) is 31.9 Å². The molecule has 2 atom stereocenters. The Kier molecular flexibility index (Phi) is 4.43. The van der Waals surface area contributed by atoms with Crippen LogP contribution in [-0.4, -0.2) is 34.7 Å². The summed E-state index contributed by atoms with van der Waals surface area (Å²) in [7, 11) is 2.11. The Morgan fingerprint density at radius 1 is 1.33 bits per heavy atom.